The topological polar surface area (TPSA) is 101 Å². The minimum absolute atomic E-state index is 0.0929. The van der Waals surface area contributed by atoms with Gasteiger partial charge in [0, 0.05) is 12.6 Å². The number of nitrogens with one attached hydrogen (secondary N) is 1. The summed E-state index contributed by atoms with van der Waals surface area (Å²) in [5.74, 6) is 0.638. The molecule has 27 heavy (non-hydrogen) atoms. The molecule has 1 aliphatic rings. The molecule has 1 N–H and O–H groups in total. The largest absolute Gasteiger partial charge is 0.477 e. The van der Waals surface area contributed by atoms with E-state index in [1.54, 1.807) is 17.0 Å². The van der Waals surface area contributed by atoms with Crippen molar-refractivity contribution in [2.75, 3.05) is 13.2 Å². The van der Waals surface area contributed by atoms with Gasteiger partial charge in [-0.2, -0.15) is 0 Å². The number of carbonyl (C=O) groups is 1. The van der Waals surface area contributed by atoms with E-state index >= 15 is 0 Å². The molecule has 138 valence electrons. The van der Waals surface area contributed by atoms with Crippen molar-refractivity contribution >= 4 is 22.6 Å². The highest BCUT2D eigenvalue weighted by molar-refractivity contribution is 5.79. The van der Waals surface area contributed by atoms with Crippen molar-refractivity contribution < 1.29 is 14.5 Å². The monoisotopic (exact) mass is 366 g/mol. The smallest absolute Gasteiger partial charge is 0.310 e. The first-order valence-electron chi connectivity index (χ1n) is 8.74. The summed E-state index contributed by atoms with van der Waals surface area (Å²) >= 11 is 0. The number of imidazole rings is 1. The lowest BCUT2D eigenvalue weighted by molar-refractivity contribution is -0.385. The molecule has 0 spiro atoms. The van der Waals surface area contributed by atoms with E-state index in [-0.39, 0.29) is 30.0 Å². The van der Waals surface area contributed by atoms with Crippen LogP contribution in [-0.4, -0.2) is 38.8 Å². The third kappa shape index (κ3) is 3.33. The van der Waals surface area contributed by atoms with E-state index in [1.807, 2.05) is 24.3 Å². The van der Waals surface area contributed by atoms with Gasteiger partial charge in [-0.3, -0.25) is 14.9 Å². The fraction of sp³-hybridized carbons (Fsp3) is 0.263. The number of hydrogen-bond donors (Lipinski definition) is 1. The van der Waals surface area contributed by atoms with Gasteiger partial charge in [0.25, 0.3) is 5.91 Å². The number of nitro groups is 1. The summed E-state index contributed by atoms with van der Waals surface area (Å²) in [6, 6.07) is 13.6. The van der Waals surface area contributed by atoms with Crippen LogP contribution in [0.3, 0.4) is 0 Å². The predicted octanol–water partition coefficient (Wildman–Crippen LogP) is 3.21. The van der Waals surface area contributed by atoms with Crippen LogP contribution in [0.2, 0.25) is 0 Å². The van der Waals surface area contributed by atoms with E-state index in [9.17, 15) is 14.9 Å². The summed E-state index contributed by atoms with van der Waals surface area (Å²) in [5.41, 5.74) is 1.64. The van der Waals surface area contributed by atoms with E-state index in [2.05, 4.69) is 9.97 Å². The first-order chi connectivity index (χ1) is 13.1. The molecule has 0 saturated carbocycles. The highest BCUT2D eigenvalue weighted by atomic mass is 16.6. The zero-order valence-electron chi connectivity index (χ0n) is 14.5. The van der Waals surface area contributed by atoms with Crippen LogP contribution >= 0.6 is 0 Å². The number of rotatable bonds is 5. The molecular weight excluding hydrogens is 348 g/mol. The highest BCUT2D eigenvalue weighted by Gasteiger charge is 2.32. The second-order valence-corrected chi connectivity index (χ2v) is 6.40. The number of nitro benzene ring substituents is 1. The number of likely N-dealkylation sites (tertiary alicyclic amines) is 1. The molecule has 1 atom stereocenters. The normalized spacial score (nSPS) is 16.6. The zero-order valence-corrected chi connectivity index (χ0v) is 14.5. The van der Waals surface area contributed by atoms with Gasteiger partial charge in [-0.1, -0.05) is 24.3 Å². The van der Waals surface area contributed by atoms with Gasteiger partial charge in [-0.05, 0) is 31.0 Å². The second-order valence-electron chi connectivity index (χ2n) is 6.40. The number of para-hydroxylation sites is 4. The first-order valence-corrected chi connectivity index (χ1v) is 8.74. The summed E-state index contributed by atoms with van der Waals surface area (Å²) in [6.07, 6.45) is 1.69. The van der Waals surface area contributed by atoms with Crippen molar-refractivity contribution in [3.8, 4) is 5.75 Å². The number of benzene rings is 2. The van der Waals surface area contributed by atoms with Crippen molar-refractivity contribution in [2.45, 2.75) is 18.9 Å². The van der Waals surface area contributed by atoms with E-state index in [0.717, 1.165) is 29.7 Å². The van der Waals surface area contributed by atoms with Gasteiger partial charge in [-0.25, -0.2) is 4.98 Å². The number of H-pyrrole nitrogens is 1. The summed E-state index contributed by atoms with van der Waals surface area (Å²) in [7, 11) is 0. The van der Waals surface area contributed by atoms with Crippen LogP contribution in [-0.2, 0) is 4.79 Å². The van der Waals surface area contributed by atoms with Crippen molar-refractivity contribution in [1.82, 2.24) is 14.9 Å². The Kier molecular flexibility index (Phi) is 4.45. The van der Waals surface area contributed by atoms with Crippen LogP contribution in [0.15, 0.2) is 48.5 Å². The van der Waals surface area contributed by atoms with Crippen molar-refractivity contribution in [1.29, 1.82) is 0 Å². The molecule has 3 aromatic rings. The van der Waals surface area contributed by atoms with Crippen molar-refractivity contribution in [3.63, 3.8) is 0 Å². The van der Waals surface area contributed by atoms with Gasteiger partial charge >= 0.3 is 5.69 Å². The Morgan fingerprint density at radius 2 is 2.04 bits per heavy atom. The van der Waals surface area contributed by atoms with Crippen molar-refractivity contribution in [3.05, 3.63) is 64.5 Å². The third-order valence-electron chi connectivity index (χ3n) is 4.71. The molecule has 0 aliphatic carbocycles. The number of hydrogen-bond acceptors (Lipinski definition) is 5. The number of aromatic amines is 1. The Labute approximate surface area is 154 Å². The standard InChI is InChI=1S/C19H18N4O4/c24-18(12-27-17-10-4-3-8-15(17)23(25)26)22-11-5-9-16(22)19-20-13-6-1-2-7-14(13)21-19/h1-4,6-8,10,16H,5,9,11-12H2,(H,20,21)/t16-/m0/s1. The molecule has 1 fully saturated rings. The summed E-state index contributed by atoms with van der Waals surface area (Å²) in [5, 5.41) is 11.1. The van der Waals surface area contributed by atoms with Crippen molar-refractivity contribution in [2.24, 2.45) is 0 Å². The van der Waals surface area contributed by atoms with Gasteiger partial charge < -0.3 is 14.6 Å². The number of nitrogens with zero attached hydrogens (tertiary/aromatic N) is 3. The summed E-state index contributed by atoms with van der Waals surface area (Å²) in [4.78, 5) is 32.8. The molecule has 1 aromatic heterocycles. The van der Waals surface area contributed by atoms with Gasteiger partial charge in [0.1, 0.15) is 5.82 Å². The Morgan fingerprint density at radius 3 is 2.85 bits per heavy atom. The lowest BCUT2D eigenvalue weighted by Crippen LogP contribution is -2.35. The zero-order chi connectivity index (χ0) is 18.8. The molecule has 2 aromatic carbocycles. The molecule has 0 bridgehead atoms. The molecule has 2 heterocycles. The molecule has 8 heteroatoms. The minimum Gasteiger partial charge on any atom is -0.477 e. The average molecular weight is 366 g/mol. The predicted molar refractivity (Wildman–Crippen MR) is 98.4 cm³/mol. The van der Waals surface area contributed by atoms with Crippen LogP contribution in [0.4, 0.5) is 5.69 Å². The van der Waals surface area contributed by atoms with Crippen LogP contribution in [0.1, 0.15) is 24.7 Å². The van der Waals surface area contributed by atoms with Crippen LogP contribution in [0, 0.1) is 10.1 Å². The Hall–Kier alpha value is -3.42. The molecule has 1 aliphatic heterocycles. The lowest BCUT2D eigenvalue weighted by Gasteiger charge is -2.23. The molecule has 0 unspecified atom stereocenters. The number of aromatic nitrogens is 2. The molecule has 1 amide bonds. The van der Waals surface area contributed by atoms with E-state index in [4.69, 9.17) is 4.74 Å². The van der Waals surface area contributed by atoms with Gasteiger partial charge in [0.05, 0.1) is 22.0 Å². The van der Waals surface area contributed by atoms with Gasteiger partial charge in [0.15, 0.2) is 12.4 Å². The SMILES string of the molecule is O=C(COc1ccccc1[N+](=O)[O-])N1CCC[C@H]1c1nc2ccccc2[nH]1. The molecule has 1 saturated heterocycles. The maximum atomic E-state index is 12.7. The third-order valence-corrected chi connectivity index (χ3v) is 4.71. The molecule has 4 rings (SSSR count). The summed E-state index contributed by atoms with van der Waals surface area (Å²) < 4.78 is 5.45. The summed E-state index contributed by atoms with van der Waals surface area (Å²) in [6.45, 7) is 0.363. The van der Waals surface area contributed by atoms with E-state index < -0.39 is 4.92 Å². The maximum absolute atomic E-state index is 12.7. The minimum atomic E-state index is -0.521. The van der Waals surface area contributed by atoms with E-state index in [0.29, 0.717) is 6.54 Å². The quantitative estimate of drug-likeness (QED) is 0.552. The fourth-order valence-corrected chi connectivity index (χ4v) is 3.43. The van der Waals surface area contributed by atoms with E-state index in [1.165, 1.54) is 12.1 Å². The number of carbonyl (C=O) groups excluding carboxylic acids is 1. The van der Waals surface area contributed by atoms with Gasteiger partial charge in [0.2, 0.25) is 0 Å². The van der Waals surface area contributed by atoms with Gasteiger partial charge in [-0.15, -0.1) is 0 Å². The Morgan fingerprint density at radius 1 is 1.26 bits per heavy atom. The Balaban J connectivity index is 1.49. The van der Waals surface area contributed by atoms with Crippen LogP contribution in [0.5, 0.6) is 5.75 Å². The average Bonchev–Trinajstić information content (AvgIpc) is 3.32. The molecular formula is C19H18N4O4. The van der Waals surface area contributed by atoms with Crippen LogP contribution < -0.4 is 4.74 Å². The second kappa shape index (κ2) is 7.06. The number of ether oxygens (including phenoxy) is 1. The number of amides is 1. The first kappa shape index (κ1) is 17.0. The molecule has 0 radical (unpaired) electrons. The highest BCUT2D eigenvalue weighted by Crippen LogP contribution is 2.32. The Bertz CT molecular complexity index is 967. The number of fused-ring (bicyclic) bond motifs is 1. The maximum Gasteiger partial charge on any atom is 0.310 e. The fourth-order valence-electron chi connectivity index (χ4n) is 3.43. The van der Waals surface area contributed by atoms with Crippen LogP contribution in [0.25, 0.3) is 11.0 Å². The lowest BCUT2D eigenvalue weighted by atomic mass is 10.2. The molecule has 8 nitrogen and oxygen atoms in total.